The highest BCUT2D eigenvalue weighted by molar-refractivity contribution is 7.28. The summed E-state index contributed by atoms with van der Waals surface area (Å²) in [7, 11) is 0. The molecular formula is C44H26S2. The Morgan fingerprint density at radius 1 is 0.326 bits per heavy atom. The molecule has 0 unspecified atom stereocenters. The Labute approximate surface area is 274 Å². The van der Waals surface area contributed by atoms with Gasteiger partial charge in [-0.05, 0) is 61.1 Å². The first kappa shape index (κ1) is 26.0. The van der Waals surface area contributed by atoms with Crippen molar-refractivity contribution in [1.29, 1.82) is 0 Å². The van der Waals surface area contributed by atoms with Crippen LogP contribution in [0.2, 0.25) is 0 Å². The molecule has 10 rings (SSSR count). The first-order chi connectivity index (χ1) is 22.8. The van der Waals surface area contributed by atoms with Crippen LogP contribution in [-0.2, 0) is 0 Å². The van der Waals surface area contributed by atoms with Crippen LogP contribution in [0.1, 0.15) is 0 Å². The molecule has 0 nitrogen and oxygen atoms in total. The van der Waals surface area contributed by atoms with Crippen molar-refractivity contribution in [1.82, 2.24) is 0 Å². The van der Waals surface area contributed by atoms with Crippen molar-refractivity contribution in [2.24, 2.45) is 0 Å². The number of thiophene rings is 2. The summed E-state index contributed by atoms with van der Waals surface area (Å²) in [6.45, 7) is 0. The quantitative estimate of drug-likeness (QED) is 0.173. The Balaban J connectivity index is 1.40. The highest BCUT2D eigenvalue weighted by Crippen LogP contribution is 2.54. The van der Waals surface area contributed by atoms with E-state index in [4.69, 9.17) is 0 Å². The fraction of sp³-hybridized carbons (Fsp3) is 0. The van der Waals surface area contributed by atoms with Crippen LogP contribution in [0.3, 0.4) is 0 Å². The largest absolute Gasteiger partial charge is 0.135 e. The zero-order chi connectivity index (χ0) is 30.2. The Morgan fingerprint density at radius 2 is 0.913 bits per heavy atom. The molecule has 0 radical (unpaired) electrons. The van der Waals surface area contributed by atoms with E-state index in [-0.39, 0.29) is 0 Å². The topological polar surface area (TPSA) is 0 Å². The van der Waals surface area contributed by atoms with Crippen LogP contribution in [0, 0.1) is 0 Å². The van der Waals surface area contributed by atoms with Crippen molar-refractivity contribution >= 4 is 85.2 Å². The minimum Gasteiger partial charge on any atom is -0.135 e. The van der Waals surface area contributed by atoms with Crippen molar-refractivity contribution < 1.29 is 0 Å². The van der Waals surface area contributed by atoms with Crippen LogP contribution in [0.15, 0.2) is 158 Å². The molecule has 10 aromatic rings. The van der Waals surface area contributed by atoms with Gasteiger partial charge in [-0.1, -0.05) is 146 Å². The molecule has 46 heavy (non-hydrogen) atoms. The zero-order valence-electron chi connectivity index (χ0n) is 24.8. The number of hydrogen-bond acceptors (Lipinski definition) is 2. The van der Waals surface area contributed by atoms with Crippen molar-refractivity contribution in [2.75, 3.05) is 0 Å². The van der Waals surface area contributed by atoms with Gasteiger partial charge in [0.25, 0.3) is 0 Å². The zero-order valence-corrected chi connectivity index (χ0v) is 26.5. The predicted molar refractivity (Wildman–Crippen MR) is 204 cm³/mol. The summed E-state index contributed by atoms with van der Waals surface area (Å²) in [5.41, 5.74) is 6.49. The molecule has 0 saturated heterocycles. The number of benzene rings is 8. The molecule has 0 bridgehead atoms. The molecule has 0 saturated carbocycles. The predicted octanol–water partition coefficient (Wildman–Crippen LogP) is 13.7. The summed E-state index contributed by atoms with van der Waals surface area (Å²) in [6, 6.07) is 58.2. The van der Waals surface area contributed by atoms with Gasteiger partial charge in [0.1, 0.15) is 0 Å². The van der Waals surface area contributed by atoms with Gasteiger partial charge in [0.05, 0.1) is 0 Å². The second kappa shape index (κ2) is 10.1. The normalized spacial score (nSPS) is 11.9. The molecule has 0 fully saturated rings. The van der Waals surface area contributed by atoms with Gasteiger partial charge in [-0.3, -0.25) is 0 Å². The van der Waals surface area contributed by atoms with Gasteiger partial charge < -0.3 is 0 Å². The molecule has 0 aliphatic heterocycles. The van der Waals surface area contributed by atoms with E-state index in [0.29, 0.717) is 0 Å². The van der Waals surface area contributed by atoms with E-state index in [1.165, 1.54) is 95.3 Å². The standard InChI is InChI=1S/C44H26S2/c1-2-14-28(15-3-1)39-36-25-26-38-42(35-22-10-11-24-37(35)45-38)43(36)46-44(39)41-33-20-8-6-18-31(33)40(32-19-7-9-21-34(32)41)30-23-12-16-27-13-4-5-17-29(27)30/h1-26H. The number of hydrogen-bond donors (Lipinski definition) is 0. The molecular weight excluding hydrogens is 593 g/mol. The Morgan fingerprint density at radius 3 is 1.65 bits per heavy atom. The lowest BCUT2D eigenvalue weighted by molar-refractivity contribution is 1.68. The first-order valence-electron chi connectivity index (χ1n) is 15.7. The minimum absolute atomic E-state index is 1.26. The van der Waals surface area contributed by atoms with Gasteiger partial charge in [-0.2, -0.15) is 0 Å². The van der Waals surface area contributed by atoms with Gasteiger partial charge in [0.15, 0.2) is 0 Å². The van der Waals surface area contributed by atoms with Crippen LogP contribution in [-0.4, -0.2) is 0 Å². The van der Waals surface area contributed by atoms with E-state index in [1.807, 2.05) is 22.7 Å². The molecule has 2 aromatic heterocycles. The lowest BCUT2D eigenvalue weighted by Gasteiger charge is -2.19. The maximum absolute atomic E-state index is 2.37. The highest BCUT2D eigenvalue weighted by Gasteiger charge is 2.24. The first-order valence-corrected chi connectivity index (χ1v) is 17.3. The van der Waals surface area contributed by atoms with Crippen LogP contribution in [0.4, 0.5) is 0 Å². The molecule has 8 aromatic carbocycles. The summed E-state index contributed by atoms with van der Waals surface area (Å²) in [5.74, 6) is 0. The maximum atomic E-state index is 2.37. The third-order valence-electron chi connectivity index (χ3n) is 9.48. The van der Waals surface area contributed by atoms with Gasteiger partial charge in [0.2, 0.25) is 0 Å². The lowest BCUT2D eigenvalue weighted by atomic mass is 9.85. The molecule has 0 N–H and O–H groups in total. The number of rotatable bonds is 3. The Bertz CT molecular complexity index is 2740. The van der Waals surface area contributed by atoms with Crippen LogP contribution in [0.5, 0.6) is 0 Å². The third kappa shape index (κ3) is 3.72. The Kier molecular flexibility index (Phi) is 5.72. The average molecular weight is 619 g/mol. The Hall–Kier alpha value is -5.28. The fourth-order valence-electron chi connectivity index (χ4n) is 7.54. The minimum atomic E-state index is 1.26. The summed E-state index contributed by atoms with van der Waals surface area (Å²) in [5, 5.41) is 11.8. The van der Waals surface area contributed by atoms with Crippen molar-refractivity contribution in [3.63, 3.8) is 0 Å². The summed E-state index contributed by atoms with van der Waals surface area (Å²) in [4.78, 5) is 1.33. The molecule has 0 amide bonds. The molecule has 0 aliphatic rings. The second-order valence-electron chi connectivity index (χ2n) is 12.0. The van der Waals surface area contributed by atoms with E-state index in [1.54, 1.807) is 0 Å². The van der Waals surface area contributed by atoms with E-state index in [9.17, 15) is 0 Å². The maximum Gasteiger partial charge on any atom is 0.0449 e. The van der Waals surface area contributed by atoms with Crippen LogP contribution in [0.25, 0.3) is 95.3 Å². The van der Waals surface area contributed by atoms with Crippen molar-refractivity contribution in [2.45, 2.75) is 0 Å². The molecule has 0 aliphatic carbocycles. The molecule has 2 heteroatoms. The monoisotopic (exact) mass is 618 g/mol. The molecule has 0 atom stereocenters. The van der Waals surface area contributed by atoms with Crippen LogP contribution >= 0.6 is 22.7 Å². The van der Waals surface area contributed by atoms with Gasteiger partial charge >= 0.3 is 0 Å². The highest BCUT2D eigenvalue weighted by atomic mass is 32.1. The van der Waals surface area contributed by atoms with E-state index in [0.717, 1.165) is 0 Å². The third-order valence-corrected chi connectivity index (χ3v) is 11.9. The summed E-state index contributed by atoms with van der Waals surface area (Å²) >= 11 is 3.86. The van der Waals surface area contributed by atoms with Gasteiger partial charge in [0, 0.05) is 46.3 Å². The van der Waals surface area contributed by atoms with Gasteiger partial charge in [-0.15, -0.1) is 22.7 Å². The van der Waals surface area contributed by atoms with E-state index < -0.39 is 0 Å². The number of fused-ring (bicyclic) bond motifs is 8. The molecule has 0 spiro atoms. The SMILES string of the molecule is c1ccc(-c2c(-c3c4ccccc4c(-c4cccc5ccccc45)c4ccccc34)sc3c2ccc2sc4ccccc4c23)cc1. The summed E-state index contributed by atoms with van der Waals surface area (Å²) in [6.07, 6.45) is 0. The summed E-state index contributed by atoms with van der Waals surface area (Å²) < 4.78 is 4.06. The van der Waals surface area contributed by atoms with Gasteiger partial charge in [-0.25, -0.2) is 0 Å². The molecule has 2 heterocycles. The smallest absolute Gasteiger partial charge is 0.0449 e. The fourth-order valence-corrected chi connectivity index (χ4v) is 10.2. The average Bonchev–Trinajstić information content (AvgIpc) is 3.69. The van der Waals surface area contributed by atoms with E-state index >= 15 is 0 Å². The van der Waals surface area contributed by atoms with Crippen molar-refractivity contribution in [3.05, 3.63) is 158 Å². The van der Waals surface area contributed by atoms with Crippen molar-refractivity contribution in [3.8, 4) is 32.7 Å². The lowest BCUT2D eigenvalue weighted by Crippen LogP contribution is -1.91. The van der Waals surface area contributed by atoms with E-state index in [2.05, 4.69) is 158 Å². The molecule has 214 valence electrons. The van der Waals surface area contributed by atoms with Crippen LogP contribution < -0.4 is 0 Å². The second-order valence-corrected chi connectivity index (χ2v) is 14.1.